The molecule has 1 amide bonds. The van der Waals surface area contributed by atoms with Gasteiger partial charge in [-0.05, 0) is 26.0 Å². The smallest absolute Gasteiger partial charge is 0.406 e. The van der Waals surface area contributed by atoms with Crippen LogP contribution in [0.25, 0.3) is 10.2 Å². The molecule has 0 bridgehead atoms. The summed E-state index contributed by atoms with van der Waals surface area (Å²) in [6, 6.07) is 5.53. The fraction of sp³-hybridized carbons (Fsp3) is 0.308. The Morgan fingerprint density at radius 1 is 1.41 bits per heavy atom. The van der Waals surface area contributed by atoms with Crippen molar-refractivity contribution in [3.05, 3.63) is 18.2 Å². The zero-order chi connectivity index (χ0) is 16.5. The topological polar surface area (TPSA) is 75.0 Å². The van der Waals surface area contributed by atoms with Gasteiger partial charge in [0.05, 0.1) is 16.3 Å². The number of carbonyl (C=O) groups is 1. The van der Waals surface area contributed by atoms with E-state index in [1.165, 1.54) is 26.0 Å². The van der Waals surface area contributed by atoms with Gasteiger partial charge >= 0.3 is 6.36 Å². The van der Waals surface area contributed by atoms with Gasteiger partial charge in [0.15, 0.2) is 5.13 Å². The molecule has 1 N–H and O–H groups in total. The summed E-state index contributed by atoms with van der Waals surface area (Å²) in [5.41, 5.74) is -0.813. The first-order valence-electron chi connectivity index (χ1n) is 6.00. The monoisotopic (exact) mass is 329 g/mol. The van der Waals surface area contributed by atoms with Crippen LogP contribution in [0.15, 0.2) is 18.2 Å². The lowest BCUT2D eigenvalue weighted by molar-refractivity contribution is -0.274. The van der Waals surface area contributed by atoms with Gasteiger partial charge in [0.2, 0.25) is 5.91 Å². The van der Waals surface area contributed by atoms with E-state index in [-0.39, 0.29) is 10.9 Å². The number of rotatable bonds is 3. The lowest BCUT2D eigenvalue weighted by Gasteiger charge is -2.12. The zero-order valence-electron chi connectivity index (χ0n) is 11.5. The van der Waals surface area contributed by atoms with Gasteiger partial charge in [0.25, 0.3) is 0 Å². The highest BCUT2D eigenvalue weighted by atomic mass is 32.1. The normalized spacial score (nSPS) is 12.0. The van der Waals surface area contributed by atoms with Crippen molar-refractivity contribution in [1.29, 1.82) is 5.26 Å². The van der Waals surface area contributed by atoms with E-state index in [1.54, 1.807) is 0 Å². The fourth-order valence-electron chi connectivity index (χ4n) is 1.46. The first-order chi connectivity index (χ1) is 10.1. The number of ether oxygens (including phenoxy) is 1. The van der Waals surface area contributed by atoms with Gasteiger partial charge in [0, 0.05) is 6.07 Å². The maximum Gasteiger partial charge on any atom is 0.573 e. The highest BCUT2D eigenvalue weighted by Crippen LogP contribution is 2.32. The molecule has 0 saturated carbocycles. The largest absolute Gasteiger partial charge is 0.573 e. The van der Waals surface area contributed by atoms with Gasteiger partial charge in [-0.1, -0.05) is 11.3 Å². The van der Waals surface area contributed by atoms with Crippen LogP contribution in [0.1, 0.15) is 13.8 Å². The van der Waals surface area contributed by atoms with E-state index in [0.29, 0.717) is 10.2 Å². The summed E-state index contributed by atoms with van der Waals surface area (Å²) in [6.45, 7) is 2.90. The molecule has 2 aromatic rings. The molecule has 5 nitrogen and oxygen atoms in total. The molecule has 0 saturated heterocycles. The van der Waals surface area contributed by atoms with Crippen molar-refractivity contribution in [1.82, 2.24) is 4.98 Å². The third-order valence-corrected chi connectivity index (χ3v) is 3.59. The summed E-state index contributed by atoms with van der Waals surface area (Å²) >= 11 is 0.993. The third-order valence-electron chi connectivity index (χ3n) is 2.66. The van der Waals surface area contributed by atoms with Gasteiger partial charge in [0.1, 0.15) is 11.2 Å². The predicted molar refractivity (Wildman–Crippen MR) is 74.3 cm³/mol. The van der Waals surface area contributed by atoms with Crippen LogP contribution < -0.4 is 10.1 Å². The number of aromatic nitrogens is 1. The Balaban J connectivity index is 2.24. The van der Waals surface area contributed by atoms with E-state index in [4.69, 9.17) is 5.26 Å². The molecule has 22 heavy (non-hydrogen) atoms. The van der Waals surface area contributed by atoms with Crippen LogP contribution in [-0.2, 0) is 4.79 Å². The third kappa shape index (κ3) is 3.65. The standard InChI is InChI=1S/C13H10F3N3O2S/c1-12(2,6-17)10(20)19-11-18-8-4-3-7(5-9(8)22-11)21-13(14,15)16/h3-5H,1-2H3,(H,18,19,20). The molecule has 1 aromatic heterocycles. The molecule has 116 valence electrons. The Morgan fingerprint density at radius 2 is 2.09 bits per heavy atom. The lowest BCUT2D eigenvalue weighted by Crippen LogP contribution is -2.29. The predicted octanol–water partition coefficient (Wildman–Crippen LogP) is 3.68. The fourth-order valence-corrected chi connectivity index (χ4v) is 2.35. The van der Waals surface area contributed by atoms with Gasteiger partial charge < -0.3 is 10.1 Å². The van der Waals surface area contributed by atoms with Gasteiger partial charge in [-0.15, -0.1) is 13.2 Å². The summed E-state index contributed by atoms with van der Waals surface area (Å²) in [7, 11) is 0. The molecule has 0 atom stereocenters. The number of nitriles is 1. The number of nitrogens with zero attached hydrogens (tertiary/aromatic N) is 2. The maximum absolute atomic E-state index is 12.2. The SMILES string of the molecule is CC(C)(C#N)C(=O)Nc1nc2ccc(OC(F)(F)F)cc2s1. The summed E-state index contributed by atoms with van der Waals surface area (Å²) in [5.74, 6) is -0.903. The van der Waals surface area contributed by atoms with E-state index in [9.17, 15) is 18.0 Å². The first kappa shape index (κ1) is 16.0. The van der Waals surface area contributed by atoms with Crippen LogP contribution in [0.5, 0.6) is 5.75 Å². The molecule has 0 unspecified atom stereocenters. The second kappa shape index (κ2) is 5.46. The van der Waals surface area contributed by atoms with Crippen molar-refractivity contribution in [3.63, 3.8) is 0 Å². The van der Waals surface area contributed by atoms with Crippen molar-refractivity contribution in [2.24, 2.45) is 5.41 Å². The number of fused-ring (bicyclic) bond motifs is 1. The summed E-state index contributed by atoms with van der Waals surface area (Å²) < 4.78 is 40.7. The van der Waals surface area contributed by atoms with Crippen LogP contribution in [-0.4, -0.2) is 17.3 Å². The number of halogens is 3. The van der Waals surface area contributed by atoms with Gasteiger partial charge in [-0.2, -0.15) is 5.26 Å². The number of hydrogen-bond acceptors (Lipinski definition) is 5. The van der Waals surface area contributed by atoms with E-state index in [1.807, 2.05) is 6.07 Å². The Morgan fingerprint density at radius 3 is 2.68 bits per heavy atom. The van der Waals surface area contributed by atoms with Crippen molar-refractivity contribution in [2.45, 2.75) is 20.2 Å². The Bertz CT molecular complexity index is 762. The number of amides is 1. The average Bonchev–Trinajstić information content (AvgIpc) is 2.78. The number of carbonyl (C=O) groups excluding carboxylic acids is 1. The minimum atomic E-state index is -4.77. The van der Waals surface area contributed by atoms with E-state index in [0.717, 1.165) is 17.4 Å². The quantitative estimate of drug-likeness (QED) is 0.932. The number of anilines is 1. The van der Waals surface area contributed by atoms with E-state index in [2.05, 4.69) is 15.0 Å². The van der Waals surface area contributed by atoms with E-state index < -0.39 is 17.7 Å². The van der Waals surface area contributed by atoms with Gasteiger partial charge in [-0.3, -0.25) is 4.79 Å². The molecular formula is C13H10F3N3O2S. The van der Waals surface area contributed by atoms with Crippen molar-refractivity contribution in [3.8, 4) is 11.8 Å². The summed E-state index contributed by atoms with van der Waals surface area (Å²) in [5, 5.41) is 11.6. The highest BCUT2D eigenvalue weighted by Gasteiger charge is 2.31. The minimum absolute atomic E-state index is 0.201. The molecule has 0 aliphatic carbocycles. The number of benzene rings is 1. The molecule has 0 spiro atoms. The molecule has 0 fully saturated rings. The van der Waals surface area contributed by atoms with Crippen LogP contribution in [0.2, 0.25) is 0 Å². The van der Waals surface area contributed by atoms with Crippen molar-refractivity contribution >= 4 is 32.6 Å². The molecule has 1 heterocycles. The minimum Gasteiger partial charge on any atom is -0.406 e. The van der Waals surface area contributed by atoms with Crippen molar-refractivity contribution in [2.75, 3.05) is 5.32 Å². The zero-order valence-corrected chi connectivity index (χ0v) is 12.3. The number of thiazole rings is 1. The van der Waals surface area contributed by atoms with Crippen LogP contribution in [0, 0.1) is 16.7 Å². The van der Waals surface area contributed by atoms with Gasteiger partial charge in [-0.25, -0.2) is 4.98 Å². The molecular weight excluding hydrogens is 319 g/mol. The number of alkyl halides is 3. The Kier molecular flexibility index (Phi) is 3.98. The van der Waals surface area contributed by atoms with E-state index >= 15 is 0 Å². The molecule has 0 aliphatic rings. The number of nitrogens with one attached hydrogen (secondary N) is 1. The summed E-state index contributed by atoms with van der Waals surface area (Å²) in [6.07, 6.45) is -4.77. The van der Waals surface area contributed by atoms with Crippen molar-refractivity contribution < 1.29 is 22.7 Å². The molecule has 9 heteroatoms. The second-order valence-corrected chi connectivity index (χ2v) is 5.92. The van der Waals surface area contributed by atoms with Crippen LogP contribution >= 0.6 is 11.3 Å². The highest BCUT2D eigenvalue weighted by molar-refractivity contribution is 7.22. The second-order valence-electron chi connectivity index (χ2n) is 4.89. The number of hydrogen-bond donors (Lipinski definition) is 1. The maximum atomic E-state index is 12.2. The van der Waals surface area contributed by atoms with Crippen LogP contribution in [0.3, 0.4) is 0 Å². The molecule has 0 aliphatic heterocycles. The van der Waals surface area contributed by atoms with Crippen LogP contribution in [0.4, 0.5) is 18.3 Å². The molecule has 2 rings (SSSR count). The lowest BCUT2D eigenvalue weighted by atomic mass is 9.95. The first-order valence-corrected chi connectivity index (χ1v) is 6.81. The Labute approximate surface area is 127 Å². The Hall–Kier alpha value is -2.34. The molecule has 1 aromatic carbocycles. The average molecular weight is 329 g/mol. The summed E-state index contributed by atoms with van der Waals surface area (Å²) in [4.78, 5) is 15.9. The molecule has 0 radical (unpaired) electrons.